The summed E-state index contributed by atoms with van der Waals surface area (Å²) in [5.74, 6) is 1.21. The second-order valence-corrected chi connectivity index (χ2v) is 7.52. The Morgan fingerprint density at radius 2 is 2.00 bits per heavy atom. The van der Waals surface area contributed by atoms with Crippen molar-refractivity contribution < 1.29 is 14.6 Å². The molecule has 1 unspecified atom stereocenters. The SMILES string of the molecule is COc1ccc(Cl)cc1C(CC(C)C)NC(=O)C1CCC(O)CC1. The smallest absolute Gasteiger partial charge is 0.223 e. The van der Waals surface area contributed by atoms with E-state index >= 15 is 0 Å². The van der Waals surface area contributed by atoms with Gasteiger partial charge in [0.25, 0.3) is 0 Å². The molecule has 0 spiro atoms. The molecule has 0 aromatic heterocycles. The van der Waals surface area contributed by atoms with Gasteiger partial charge in [0.2, 0.25) is 5.91 Å². The molecule has 1 aliphatic rings. The first-order chi connectivity index (χ1) is 11.4. The van der Waals surface area contributed by atoms with E-state index < -0.39 is 0 Å². The van der Waals surface area contributed by atoms with Gasteiger partial charge in [-0.1, -0.05) is 25.4 Å². The average Bonchev–Trinajstić information content (AvgIpc) is 2.54. The number of amides is 1. The highest BCUT2D eigenvalue weighted by Gasteiger charge is 2.28. The molecule has 24 heavy (non-hydrogen) atoms. The maximum Gasteiger partial charge on any atom is 0.223 e. The number of benzene rings is 1. The van der Waals surface area contributed by atoms with E-state index in [4.69, 9.17) is 16.3 Å². The van der Waals surface area contributed by atoms with Crippen LogP contribution in [0.5, 0.6) is 5.75 Å². The number of nitrogens with one attached hydrogen (secondary N) is 1. The summed E-state index contributed by atoms with van der Waals surface area (Å²) in [4.78, 5) is 12.7. The summed E-state index contributed by atoms with van der Waals surface area (Å²) in [6.45, 7) is 4.26. The quantitative estimate of drug-likeness (QED) is 0.809. The minimum absolute atomic E-state index is 0.0201. The van der Waals surface area contributed by atoms with E-state index in [1.807, 2.05) is 12.1 Å². The van der Waals surface area contributed by atoms with Gasteiger partial charge in [-0.3, -0.25) is 4.79 Å². The molecule has 4 nitrogen and oxygen atoms in total. The summed E-state index contributed by atoms with van der Waals surface area (Å²) in [5.41, 5.74) is 0.919. The fourth-order valence-electron chi connectivity index (χ4n) is 3.34. The van der Waals surface area contributed by atoms with Gasteiger partial charge in [0.15, 0.2) is 0 Å². The van der Waals surface area contributed by atoms with Gasteiger partial charge in [-0.15, -0.1) is 0 Å². The molecule has 2 N–H and O–H groups in total. The largest absolute Gasteiger partial charge is 0.496 e. The van der Waals surface area contributed by atoms with Crippen molar-refractivity contribution in [2.75, 3.05) is 7.11 Å². The lowest BCUT2D eigenvalue weighted by Crippen LogP contribution is -2.37. The van der Waals surface area contributed by atoms with Crippen LogP contribution < -0.4 is 10.1 Å². The Bertz CT molecular complexity index is 554. The van der Waals surface area contributed by atoms with Gasteiger partial charge < -0.3 is 15.2 Å². The van der Waals surface area contributed by atoms with Crippen molar-refractivity contribution in [3.8, 4) is 5.75 Å². The molecule has 0 saturated heterocycles. The van der Waals surface area contributed by atoms with Gasteiger partial charge in [-0.25, -0.2) is 0 Å². The number of hydrogen-bond donors (Lipinski definition) is 2. The van der Waals surface area contributed by atoms with E-state index in [2.05, 4.69) is 19.2 Å². The second kappa shape index (κ2) is 8.72. The maximum atomic E-state index is 12.7. The summed E-state index contributed by atoms with van der Waals surface area (Å²) >= 11 is 6.16. The predicted molar refractivity (Wildman–Crippen MR) is 96.3 cm³/mol. The first-order valence-electron chi connectivity index (χ1n) is 8.72. The first kappa shape index (κ1) is 19.1. The monoisotopic (exact) mass is 353 g/mol. The summed E-state index contributed by atoms with van der Waals surface area (Å²) in [7, 11) is 1.63. The van der Waals surface area contributed by atoms with E-state index in [0.717, 1.165) is 30.6 Å². The number of ether oxygens (including phenoxy) is 1. The zero-order chi connectivity index (χ0) is 17.7. The first-order valence-corrected chi connectivity index (χ1v) is 9.10. The number of halogens is 1. The Hall–Kier alpha value is -1.26. The number of carbonyl (C=O) groups is 1. The van der Waals surface area contributed by atoms with E-state index in [9.17, 15) is 9.90 Å². The van der Waals surface area contributed by atoms with Crippen molar-refractivity contribution in [3.05, 3.63) is 28.8 Å². The van der Waals surface area contributed by atoms with Crippen molar-refractivity contribution in [1.82, 2.24) is 5.32 Å². The van der Waals surface area contributed by atoms with Crippen molar-refractivity contribution in [2.45, 2.75) is 58.1 Å². The molecule has 2 rings (SSSR count). The summed E-state index contributed by atoms with van der Waals surface area (Å²) in [5, 5.41) is 13.4. The molecule has 1 amide bonds. The van der Waals surface area contributed by atoms with Crippen LogP contribution in [-0.4, -0.2) is 24.2 Å². The Labute approximate surface area is 149 Å². The van der Waals surface area contributed by atoms with Crippen LogP contribution in [0.1, 0.15) is 57.6 Å². The number of methoxy groups -OCH3 is 1. The second-order valence-electron chi connectivity index (χ2n) is 7.08. The van der Waals surface area contributed by atoms with E-state index in [1.165, 1.54) is 0 Å². The highest BCUT2D eigenvalue weighted by atomic mass is 35.5. The van der Waals surface area contributed by atoms with Gasteiger partial charge in [-0.05, 0) is 56.2 Å². The van der Waals surface area contributed by atoms with Crippen LogP contribution in [0.2, 0.25) is 5.02 Å². The Morgan fingerprint density at radius 3 is 2.58 bits per heavy atom. The van der Waals surface area contributed by atoms with Crippen molar-refractivity contribution >= 4 is 17.5 Å². The third kappa shape index (κ3) is 5.12. The van der Waals surface area contributed by atoms with Gasteiger partial charge in [0.1, 0.15) is 5.75 Å². The number of aliphatic hydroxyl groups is 1. The number of hydrogen-bond acceptors (Lipinski definition) is 3. The molecule has 1 aliphatic carbocycles. The third-order valence-corrected chi connectivity index (χ3v) is 4.89. The van der Waals surface area contributed by atoms with E-state index in [0.29, 0.717) is 23.8 Å². The Morgan fingerprint density at radius 1 is 1.33 bits per heavy atom. The summed E-state index contributed by atoms with van der Waals surface area (Å²) < 4.78 is 5.46. The fraction of sp³-hybridized carbons (Fsp3) is 0.632. The number of aliphatic hydroxyl groups excluding tert-OH is 1. The van der Waals surface area contributed by atoms with Crippen LogP contribution in [-0.2, 0) is 4.79 Å². The molecule has 1 aromatic rings. The molecule has 0 bridgehead atoms. The average molecular weight is 354 g/mol. The minimum Gasteiger partial charge on any atom is -0.496 e. The maximum absolute atomic E-state index is 12.7. The van der Waals surface area contributed by atoms with Gasteiger partial charge in [0.05, 0.1) is 19.3 Å². The normalized spacial score (nSPS) is 22.2. The zero-order valence-electron chi connectivity index (χ0n) is 14.7. The van der Waals surface area contributed by atoms with Crippen molar-refractivity contribution in [3.63, 3.8) is 0 Å². The zero-order valence-corrected chi connectivity index (χ0v) is 15.5. The highest BCUT2D eigenvalue weighted by Crippen LogP contribution is 2.33. The molecule has 1 fully saturated rings. The lowest BCUT2D eigenvalue weighted by molar-refractivity contribution is -0.127. The summed E-state index contributed by atoms with van der Waals surface area (Å²) in [6.07, 6.45) is 3.45. The predicted octanol–water partition coefficient (Wildman–Crippen LogP) is 4.10. The molecule has 1 aromatic carbocycles. The molecule has 1 atom stereocenters. The van der Waals surface area contributed by atoms with Crippen LogP contribution in [0.15, 0.2) is 18.2 Å². The Kier molecular flexibility index (Phi) is 6.93. The minimum atomic E-state index is -0.256. The van der Waals surface area contributed by atoms with Crippen LogP contribution in [0, 0.1) is 11.8 Å². The van der Waals surface area contributed by atoms with Crippen LogP contribution in [0.25, 0.3) is 0 Å². The molecular weight excluding hydrogens is 326 g/mol. The molecule has 1 saturated carbocycles. The number of carbonyl (C=O) groups excluding carboxylic acids is 1. The highest BCUT2D eigenvalue weighted by molar-refractivity contribution is 6.30. The topological polar surface area (TPSA) is 58.6 Å². The molecule has 0 radical (unpaired) electrons. The Balaban J connectivity index is 2.16. The summed E-state index contributed by atoms with van der Waals surface area (Å²) in [6, 6.07) is 5.38. The van der Waals surface area contributed by atoms with Gasteiger partial charge in [0, 0.05) is 16.5 Å². The van der Waals surface area contributed by atoms with Crippen LogP contribution in [0.4, 0.5) is 0 Å². The standard InChI is InChI=1S/C19H28ClNO3/c1-12(2)10-17(16-11-14(20)6-9-18(16)24-3)21-19(23)13-4-7-15(22)8-5-13/h6,9,11-13,15,17,22H,4-5,7-8,10H2,1-3H3,(H,21,23). The van der Waals surface area contributed by atoms with Crippen molar-refractivity contribution in [2.24, 2.45) is 11.8 Å². The molecule has 5 heteroatoms. The lowest BCUT2D eigenvalue weighted by atomic mass is 9.86. The third-order valence-electron chi connectivity index (χ3n) is 4.66. The van der Waals surface area contributed by atoms with Crippen LogP contribution >= 0.6 is 11.6 Å². The number of rotatable bonds is 6. The van der Waals surface area contributed by atoms with E-state index in [-0.39, 0.29) is 24.0 Å². The van der Waals surface area contributed by atoms with Crippen LogP contribution in [0.3, 0.4) is 0 Å². The van der Waals surface area contributed by atoms with Crippen molar-refractivity contribution in [1.29, 1.82) is 0 Å². The van der Waals surface area contributed by atoms with Gasteiger partial charge >= 0.3 is 0 Å². The molecule has 134 valence electrons. The van der Waals surface area contributed by atoms with E-state index in [1.54, 1.807) is 13.2 Å². The fourth-order valence-corrected chi connectivity index (χ4v) is 3.52. The molecule has 0 aliphatic heterocycles. The molecular formula is C19H28ClNO3. The lowest BCUT2D eigenvalue weighted by Gasteiger charge is -2.28. The van der Waals surface area contributed by atoms with Gasteiger partial charge in [-0.2, -0.15) is 0 Å². The molecule has 0 heterocycles.